The highest BCUT2D eigenvalue weighted by Crippen LogP contribution is 2.39. The first-order chi connectivity index (χ1) is 25.8. The normalized spacial score (nSPS) is 11.5. The van der Waals surface area contributed by atoms with Crippen LogP contribution in [0.5, 0.6) is 0 Å². The highest BCUT2D eigenvalue weighted by Gasteiger charge is 2.18. The van der Waals surface area contributed by atoms with Gasteiger partial charge in [0.05, 0.1) is 11.0 Å². The average Bonchev–Trinajstić information content (AvgIpc) is 3.80. The first-order valence-corrected chi connectivity index (χ1v) is 17.2. The van der Waals surface area contributed by atoms with E-state index in [1.165, 1.54) is 0 Å². The summed E-state index contributed by atoms with van der Waals surface area (Å²) in [5.41, 5.74) is 10.7. The number of imidazole rings is 1. The van der Waals surface area contributed by atoms with E-state index in [0.29, 0.717) is 17.5 Å². The summed E-state index contributed by atoms with van der Waals surface area (Å²) in [5, 5.41) is 2.05. The van der Waals surface area contributed by atoms with E-state index < -0.39 is 0 Å². The zero-order chi connectivity index (χ0) is 34.4. The number of para-hydroxylation sites is 3. The van der Waals surface area contributed by atoms with Crippen molar-refractivity contribution in [2.24, 2.45) is 0 Å². The fourth-order valence-electron chi connectivity index (χ4n) is 7.00. The molecule has 0 bridgehead atoms. The Balaban J connectivity index is 1.09. The van der Waals surface area contributed by atoms with Crippen LogP contribution in [0, 0.1) is 0 Å². The van der Waals surface area contributed by atoms with Gasteiger partial charge >= 0.3 is 0 Å². The lowest BCUT2D eigenvalue weighted by molar-refractivity contribution is 0.669. The van der Waals surface area contributed by atoms with Gasteiger partial charge in [-0.2, -0.15) is 0 Å². The molecule has 3 aromatic heterocycles. The first kappa shape index (κ1) is 29.7. The maximum atomic E-state index is 6.42. The molecule has 0 saturated heterocycles. The second-order valence-corrected chi connectivity index (χ2v) is 12.7. The Morgan fingerprint density at radius 2 is 0.981 bits per heavy atom. The van der Waals surface area contributed by atoms with Gasteiger partial charge in [-0.1, -0.05) is 127 Å². The van der Waals surface area contributed by atoms with Crippen LogP contribution in [-0.2, 0) is 0 Å². The van der Waals surface area contributed by atoms with Gasteiger partial charge in [-0.25, -0.2) is 19.9 Å². The molecule has 0 atom stereocenters. The molecule has 0 unspecified atom stereocenters. The van der Waals surface area contributed by atoms with Gasteiger partial charge in [0.25, 0.3) is 0 Å². The van der Waals surface area contributed by atoms with Crippen molar-refractivity contribution in [3.05, 3.63) is 176 Å². The number of rotatable bonds is 6. The fraction of sp³-hybridized carbons (Fsp3) is 0. The van der Waals surface area contributed by atoms with Gasteiger partial charge in [0.15, 0.2) is 17.5 Å². The maximum Gasteiger partial charge on any atom is 0.164 e. The standard InChI is InChI=1S/C46H29N5O/c1-4-13-31(14-5-1)43-48-44(32-15-6-2-7-16-32)50-45(49-43)34-27-28-40-37(29-34)42-36(19-12-22-41(42)52-40)30-23-25-33(26-24-30)46-47-38-20-10-11-21-39(38)51(46)35-17-8-3-9-18-35/h1-29H. The van der Waals surface area contributed by atoms with Crippen LogP contribution in [0.2, 0.25) is 0 Å². The summed E-state index contributed by atoms with van der Waals surface area (Å²) in [7, 11) is 0. The summed E-state index contributed by atoms with van der Waals surface area (Å²) < 4.78 is 8.64. The molecule has 10 aromatic rings. The van der Waals surface area contributed by atoms with Gasteiger partial charge < -0.3 is 4.42 Å². The number of furan rings is 1. The van der Waals surface area contributed by atoms with E-state index in [4.69, 9.17) is 24.4 Å². The molecule has 52 heavy (non-hydrogen) atoms. The molecule has 6 nitrogen and oxygen atoms in total. The number of hydrogen-bond acceptors (Lipinski definition) is 5. The minimum absolute atomic E-state index is 0.604. The van der Waals surface area contributed by atoms with Gasteiger partial charge in [0, 0.05) is 38.7 Å². The van der Waals surface area contributed by atoms with Crippen LogP contribution in [0.15, 0.2) is 180 Å². The Hall–Kier alpha value is -7.18. The Labute approximate surface area is 299 Å². The van der Waals surface area contributed by atoms with Crippen molar-refractivity contribution in [2.45, 2.75) is 0 Å². The van der Waals surface area contributed by atoms with E-state index in [-0.39, 0.29) is 0 Å². The van der Waals surface area contributed by atoms with Crippen molar-refractivity contribution >= 4 is 33.0 Å². The molecule has 7 aromatic carbocycles. The third-order valence-electron chi connectivity index (χ3n) is 9.48. The zero-order valence-corrected chi connectivity index (χ0v) is 27.9. The van der Waals surface area contributed by atoms with Crippen molar-refractivity contribution in [2.75, 3.05) is 0 Å². The number of aromatic nitrogens is 5. The van der Waals surface area contributed by atoms with Gasteiger partial charge in [0.2, 0.25) is 0 Å². The second-order valence-electron chi connectivity index (χ2n) is 12.7. The highest BCUT2D eigenvalue weighted by molar-refractivity contribution is 6.13. The van der Waals surface area contributed by atoms with E-state index >= 15 is 0 Å². The molecule has 0 aliphatic carbocycles. The van der Waals surface area contributed by atoms with Crippen LogP contribution in [0.4, 0.5) is 0 Å². The van der Waals surface area contributed by atoms with Crippen LogP contribution >= 0.6 is 0 Å². The van der Waals surface area contributed by atoms with E-state index in [9.17, 15) is 0 Å². The number of fused-ring (bicyclic) bond motifs is 4. The summed E-state index contributed by atoms with van der Waals surface area (Å²) >= 11 is 0. The van der Waals surface area contributed by atoms with E-state index in [1.807, 2.05) is 97.1 Å². The minimum atomic E-state index is 0.604. The zero-order valence-electron chi connectivity index (χ0n) is 27.9. The van der Waals surface area contributed by atoms with Crippen LogP contribution in [-0.4, -0.2) is 24.5 Å². The molecule has 0 N–H and O–H groups in total. The Morgan fingerprint density at radius 3 is 1.67 bits per heavy atom. The quantitative estimate of drug-likeness (QED) is 0.176. The predicted molar refractivity (Wildman–Crippen MR) is 209 cm³/mol. The van der Waals surface area contributed by atoms with Gasteiger partial charge in [-0.05, 0) is 59.7 Å². The molecule has 244 valence electrons. The number of hydrogen-bond donors (Lipinski definition) is 0. The average molecular weight is 668 g/mol. The Morgan fingerprint density at radius 1 is 0.404 bits per heavy atom. The van der Waals surface area contributed by atoms with Crippen molar-refractivity contribution < 1.29 is 4.42 Å². The fourth-order valence-corrected chi connectivity index (χ4v) is 7.00. The first-order valence-electron chi connectivity index (χ1n) is 17.2. The molecule has 0 spiro atoms. The lowest BCUT2D eigenvalue weighted by Gasteiger charge is -2.11. The lowest BCUT2D eigenvalue weighted by atomic mass is 9.97. The van der Waals surface area contributed by atoms with Crippen molar-refractivity contribution in [3.8, 4) is 62.4 Å². The van der Waals surface area contributed by atoms with Gasteiger partial charge in [-0.3, -0.25) is 4.57 Å². The summed E-state index contributed by atoms with van der Waals surface area (Å²) in [6.45, 7) is 0. The largest absolute Gasteiger partial charge is 0.456 e. The molecule has 0 amide bonds. The van der Waals surface area contributed by atoms with Gasteiger partial charge in [0.1, 0.15) is 17.0 Å². The lowest BCUT2D eigenvalue weighted by Crippen LogP contribution is -2.00. The summed E-state index contributed by atoms with van der Waals surface area (Å²) in [6.07, 6.45) is 0. The van der Waals surface area contributed by atoms with Crippen LogP contribution in [0.3, 0.4) is 0 Å². The molecule has 3 heterocycles. The third kappa shape index (κ3) is 5.13. The molecular weight excluding hydrogens is 639 g/mol. The van der Waals surface area contributed by atoms with Gasteiger partial charge in [-0.15, -0.1) is 0 Å². The van der Waals surface area contributed by atoms with E-state index in [0.717, 1.165) is 77.9 Å². The van der Waals surface area contributed by atoms with Crippen molar-refractivity contribution in [3.63, 3.8) is 0 Å². The Bertz CT molecular complexity index is 2820. The molecule has 0 aliphatic heterocycles. The minimum Gasteiger partial charge on any atom is -0.456 e. The predicted octanol–water partition coefficient (Wildman–Crippen LogP) is 11.4. The van der Waals surface area contributed by atoms with Crippen molar-refractivity contribution in [1.29, 1.82) is 0 Å². The van der Waals surface area contributed by atoms with Crippen LogP contribution in [0.25, 0.3) is 95.3 Å². The smallest absolute Gasteiger partial charge is 0.164 e. The van der Waals surface area contributed by atoms with Crippen LogP contribution in [0.1, 0.15) is 0 Å². The number of nitrogens with zero attached hydrogens (tertiary/aromatic N) is 5. The molecular formula is C46H29N5O. The summed E-state index contributed by atoms with van der Waals surface area (Å²) in [4.78, 5) is 19.9. The molecule has 0 radical (unpaired) electrons. The molecule has 0 aliphatic rings. The summed E-state index contributed by atoms with van der Waals surface area (Å²) in [5.74, 6) is 2.76. The number of benzene rings is 7. The third-order valence-corrected chi connectivity index (χ3v) is 9.48. The topological polar surface area (TPSA) is 69.6 Å². The van der Waals surface area contributed by atoms with Crippen LogP contribution < -0.4 is 0 Å². The highest BCUT2D eigenvalue weighted by atomic mass is 16.3. The molecule has 6 heteroatoms. The van der Waals surface area contributed by atoms with E-state index in [1.54, 1.807) is 0 Å². The van der Waals surface area contributed by atoms with E-state index in [2.05, 4.69) is 83.4 Å². The monoisotopic (exact) mass is 667 g/mol. The molecule has 10 rings (SSSR count). The molecule has 0 fully saturated rings. The maximum absolute atomic E-state index is 6.42. The second kappa shape index (κ2) is 12.3. The molecule has 0 saturated carbocycles. The SMILES string of the molecule is c1ccc(-c2nc(-c3ccccc3)nc(-c3ccc4oc5cccc(-c6ccc(-c7nc8ccccc8n7-c7ccccc7)cc6)c5c4c3)n2)cc1. The Kier molecular flexibility index (Phi) is 7.03. The summed E-state index contributed by atoms with van der Waals surface area (Å²) in [6, 6.07) is 59.8. The van der Waals surface area contributed by atoms with Crippen molar-refractivity contribution in [1.82, 2.24) is 24.5 Å².